The van der Waals surface area contributed by atoms with Crippen LogP contribution in [0.2, 0.25) is 0 Å². The Hall–Kier alpha value is -1.95. The van der Waals surface area contributed by atoms with Crippen LogP contribution in [-0.2, 0) is 0 Å². The Labute approximate surface area is 176 Å². The van der Waals surface area contributed by atoms with Gasteiger partial charge in [0.25, 0.3) is 0 Å². The van der Waals surface area contributed by atoms with Crippen LogP contribution in [0.1, 0.15) is 48.6 Å². The Bertz CT molecular complexity index is 857. The van der Waals surface area contributed by atoms with Crippen LogP contribution in [0.5, 0.6) is 17.2 Å². The van der Waals surface area contributed by atoms with Crippen LogP contribution in [0.25, 0.3) is 0 Å². The van der Waals surface area contributed by atoms with Crippen molar-refractivity contribution in [1.82, 2.24) is 4.98 Å². The number of ether oxygens (including phenoxy) is 3. The fourth-order valence-corrected chi connectivity index (χ4v) is 7.31. The second-order valence-corrected chi connectivity index (χ2v) is 10.2. The minimum absolute atomic E-state index is 0.602. The zero-order valence-corrected chi connectivity index (χ0v) is 18.5. The third kappa shape index (κ3) is 3.25. The molecule has 2 aromatic rings. The van der Waals surface area contributed by atoms with E-state index < -0.39 is 0 Å². The summed E-state index contributed by atoms with van der Waals surface area (Å²) in [5, 5.41) is 4.43. The monoisotopic (exact) mass is 414 g/mol. The quantitative estimate of drug-likeness (QED) is 0.651. The van der Waals surface area contributed by atoms with E-state index in [0.717, 1.165) is 34.5 Å². The lowest BCUT2D eigenvalue weighted by Crippen LogP contribution is -2.44. The number of aromatic nitrogens is 1. The normalized spacial score (nSPS) is 29.7. The van der Waals surface area contributed by atoms with Gasteiger partial charge in [0, 0.05) is 28.6 Å². The van der Waals surface area contributed by atoms with Crippen molar-refractivity contribution in [1.29, 1.82) is 0 Å². The number of hydrogen-bond acceptors (Lipinski definition) is 6. The second-order valence-electron chi connectivity index (χ2n) is 8.96. The van der Waals surface area contributed by atoms with Gasteiger partial charge in [-0.2, -0.15) is 0 Å². The molecule has 4 aliphatic rings. The molecule has 0 unspecified atom stereocenters. The summed E-state index contributed by atoms with van der Waals surface area (Å²) < 4.78 is 16.4. The van der Waals surface area contributed by atoms with Gasteiger partial charge in [-0.05, 0) is 62.7 Å². The molecule has 1 aromatic carbocycles. The molecular weight excluding hydrogens is 384 g/mol. The number of nitrogens with one attached hydrogen (secondary N) is 1. The number of aryl methyl sites for hydroxylation is 1. The second kappa shape index (κ2) is 7.38. The molecule has 1 aromatic heterocycles. The lowest BCUT2D eigenvalue weighted by molar-refractivity contribution is -0.00412. The Morgan fingerprint density at radius 3 is 2.00 bits per heavy atom. The van der Waals surface area contributed by atoms with Crippen LogP contribution < -0.4 is 19.5 Å². The number of nitrogens with zero attached hydrogens (tertiary/aromatic N) is 1. The molecule has 4 bridgehead atoms. The van der Waals surface area contributed by atoms with E-state index in [-0.39, 0.29) is 0 Å². The van der Waals surface area contributed by atoms with Gasteiger partial charge in [0.15, 0.2) is 16.6 Å². The van der Waals surface area contributed by atoms with Crippen molar-refractivity contribution in [2.75, 3.05) is 26.6 Å². The van der Waals surface area contributed by atoms with Gasteiger partial charge in [-0.25, -0.2) is 4.98 Å². The van der Waals surface area contributed by atoms with Crippen molar-refractivity contribution in [2.24, 2.45) is 23.7 Å². The van der Waals surface area contributed by atoms with E-state index >= 15 is 0 Å². The Kier molecular flexibility index (Phi) is 4.85. The topological polar surface area (TPSA) is 52.6 Å². The predicted molar refractivity (Wildman–Crippen MR) is 116 cm³/mol. The lowest BCUT2D eigenvalue weighted by atomic mass is 9.51. The minimum atomic E-state index is 0.602. The van der Waals surface area contributed by atoms with Crippen molar-refractivity contribution < 1.29 is 14.2 Å². The maximum atomic E-state index is 5.48. The molecule has 0 spiro atoms. The predicted octanol–water partition coefficient (Wildman–Crippen LogP) is 5.76. The van der Waals surface area contributed by atoms with Crippen LogP contribution in [0.4, 0.5) is 10.8 Å². The van der Waals surface area contributed by atoms with E-state index in [4.69, 9.17) is 19.2 Å². The SMILES string of the molecule is COc1cc(Nc2nc(C3C4CC5CC(C4)CC3C5)c(C)s2)cc(OC)c1OC. The minimum Gasteiger partial charge on any atom is -0.493 e. The summed E-state index contributed by atoms with van der Waals surface area (Å²) in [5.74, 6) is 6.23. The smallest absolute Gasteiger partial charge is 0.203 e. The van der Waals surface area contributed by atoms with Gasteiger partial charge in [-0.3, -0.25) is 0 Å². The van der Waals surface area contributed by atoms with Gasteiger partial charge in [0.05, 0.1) is 27.0 Å². The van der Waals surface area contributed by atoms with Gasteiger partial charge in [-0.15, -0.1) is 11.3 Å². The molecule has 4 aliphatic carbocycles. The molecule has 0 atom stereocenters. The number of benzene rings is 1. The van der Waals surface area contributed by atoms with E-state index in [1.807, 2.05) is 12.1 Å². The van der Waals surface area contributed by atoms with Crippen LogP contribution in [-0.4, -0.2) is 26.3 Å². The van der Waals surface area contributed by atoms with Crippen molar-refractivity contribution in [3.05, 3.63) is 22.7 Å². The highest BCUT2D eigenvalue weighted by Gasteiger charge is 2.49. The van der Waals surface area contributed by atoms with Gasteiger partial charge in [0.2, 0.25) is 5.75 Å². The average Bonchev–Trinajstić information content (AvgIpc) is 3.06. The fourth-order valence-electron chi connectivity index (χ4n) is 6.42. The molecule has 1 N–H and O–H groups in total. The molecule has 0 amide bonds. The highest BCUT2D eigenvalue weighted by molar-refractivity contribution is 7.15. The maximum absolute atomic E-state index is 5.48. The summed E-state index contributed by atoms with van der Waals surface area (Å²) in [6, 6.07) is 3.86. The van der Waals surface area contributed by atoms with Crippen LogP contribution in [0.3, 0.4) is 0 Å². The molecule has 156 valence electrons. The first-order chi connectivity index (χ1) is 14.1. The molecule has 1 heterocycles. The van der Waals surface area contributed by atoms with E-state index in [9.17, 15) is 0 Å². The first-order valence-corrected chi connectivity index (χ1v) is 11.5. The molecule has 4 fully saturated rings. The third-order valence-corrected chi connectivity index (χ3v) is 8.19. The molecule has 5 nitrogen and oxygen atoms in total. The molecule has 0 saturated heterocycles. The Morgan fingerprint density at radius 2 is 1.48 bits per heavy atom. The lowest BCUT2D eigenvalue weighted by Gasteiger charge is -2.54. The van der Waals surface area contributed by atoms with Crippen molar-refractivity contribution in [2.45, 2.75) is 44.9 Å². The van der Waals surface area contributed by atoms with Gasteiger partial charge < -0.3 is 19.5 Å². The number of methoxy groups -OCH3 is 3. The standard InChI is InChI=1S/C23H30N2O3S/c1-12-21(20-15-6-13-5-14(8-15)9-16(20)7-13)25-23(29-12)24-17-10-18(26-2)22(28-4)19(11-17)27-3/h10-11,13-16,20H,5-9H2,1-4H3,(H,24,25). The van der Waals surface area contributed by atoms with Gasteiger partial charge >= 0.3 is 0 Å². The summed E-state index contributed by atoms with van der Waals surface area (Å²) >= 11 is 1.76. The molecule has 4 saturated carbocycles. The van der Waals surface area contributed by atoms with Gasteiger partial charge in [0.1, 0.15) is 0 Å². The van der Waals surface area contributed by atoms with E-state index in [2.05, 4.69) is 12.2 Å². The maximum Gasteiger partial charge on any atom is 0.203 e. The molecule has 29 heavy (non-hydrogen) atoms. The number of rotatable bonds is 6. The van der Waals surface area contributed by atoms with E-state index in [1.165, 1.54) is 42.7 Å². The van der Waals surface area contributed by atoms with E-state index in [0.29, 0.717) is 23.2 Å². The average molecular weight is 415 g/mol. The molecule has 0 radical (unpaired) electrons. The third-order valence-electron chi connectivity index (χ3n) is 7.29. The zero-order chi connectivity index (χ0) is 20.1. The highest BCUT2D eigenvalue weighted by Crippen LogP contribution is 2.60. The molecule has 6 rings (SSSR count). The summed E-state index contributed by atoms with van der Waals surface area (Å²) in [5.41, 5.74) is 2.24. The summed E-state index contributed by atoms with van der Waals surface area (Å²) in [6.45, 7) is 2.23. The molecular formula is C23H30N2O3S. The van der Waals surface area contributed by atoms with Crippen molar-refractivity contribution in [3.8, 4) is 17.2 Å². The highest BCUT2D eigenvalue weighted by atomic mass is 32.1. The summed E-state index contributed by atoms with van der Waals surface area (Å²) in [6.07, 6.45) is 7.17. The largest absolute Gasteiger partial charge is 0.493 e. The first kappa shape index (κ1) is 19.0. The van der Waals surface area contributed by atoms with Crippen molar-refractivity contribution in [3.63, 3.8) is 0 Å². The number of anilines is 2. The Morgan fingerprint density at radius 1 is 0.897 bits per heavy atom. The summed E-state index contributed by atoms with van der Waals surface area (Å²) in [7, 11) is 4.90. The fraction of sp³-hybridized carbons (Fsp3) is 0.609. The molecule has 0 aliphatic heterocycles. The first-order valence-electron chi connectivity index (χ1n) is 10.6. The number of hydrogen-bond donors (Lipinski definition) is 1. The van der Waals surface area contributed by atoms with Crippen LogP contribution >= 0.6 is 11.3 Å². The van der Waals surface area contributed by atoms with Gasteiger partial charge in [-0.1, -0.05) is 0 Å². The van der Waals surface area contributed by atoms with Crippen molar-refractivity contribution >= 4 is 22.2 Å². The number of thiazole rings is 1. The van der Waals surface area contributed by atoms with E-state index in [1.54, 1.807) is 32.7 Å². The molecule has 6 heteroatoms. The van der Waals surface area contributed by atoms with Crippen LogP contribution in [0.15, 0.2) is 12.1 Å². The summed E-state index contributed by atoms with van der Waals surface area (Å²) in [4.78, 5) is 6.46. The van der Waals surface area contributed by atoms with Crippen LogP contribution in [0, 0.1) is 30.6 Å². The Balaban J connectivity index is 1.42. The zero-order valence-electron chi connectivity index (χ0n) is 17.7.